The van der Waals surface area contributed by atoms with Crippen molar-refractivity contribution in [1.29, 1.82) is 0 Å². The summed E-state index contributed by atoms with van der Waals surface area (Å²) >= 11 is 9.58. The molecule has 5 heteroatoms. The Bertz CT molecular complexity index is 480. The Morgan fingerprint density at radius 2 is 2.33 bits per heavy atom. The van der Waals surface area contributed by atoms with E-state index in [1.165, 1.54) is 0 Å². The number of hydrogen-bond donors (Lipinski definition) is 1. The van der Waals surface area contributed by atoms with Crippen LogP contribution in [0.15, 0.2) is 22.7 Å². The number of nitrogens with zero attached hydrogens (tertiary/aromatic N) is 1. The van der Waals surface area contributed by atoms with Crippen molar-refractivity contribution < 1.29 is 4.79 Å². The highest BCUT2D eigenvalue weighted by atomic mass is 79.9. The molecule has 1 aromatic carbocycles. The number of hydrogen-bond acceptors (Lipinski definition) is 2. The van der Waals surface area contributed by atoms with Crippen LogP contribution < -0.4 is 5.73 Å². The summed E-state index contributed by atoms with van der Waals surface area (Å²) in [6.45, 7) is 4.27. The summed E-state index contributed by atoms with van der Waals surface area (Å²) in [4.78, 5) is 13.6. The lowest BCUT2D eigenvalue weighted by Crippen LogP contribution is -2.36. The molecule has 1 amide bonds. The zero-order valence-electron chi connectivity index (χ0n) is 10.2. The molecular weight excluding hydrogens is 316 g/mol. The first kappa shape index (κ1) is 13.8. The molecule has 0 radical (unpaired) electrons. The van der Waals surface area contributed by atoms with Crippen LogP contribution in [0.1, 0.15) is 18.9 Å². The number of primary amides is 1. The first-order chi connectivity index (χ1) is 8.40. The van der Waals surface area contributed by atoms with Crippen molar-refractivity contribution in [2.24, 2.45) is 11.1 Å². The summed E-state index contributed by atoms with van der Waals surface area (Å²) in [5.74, 6) is -0.216. The number of rotatable bonds is 3. The standard InChI is InChI=1S/C13H16BrClN2O/c1-13(12(16)18)4-5-17(8-13)7-9-2-3-10(14)6-11(9)15/h2-3,6H,4-5,7-8H2,1H3,(H2,16,18). The number of amides is 1. The second kappa shape index (κ2) is 5.19. The van der Waals surface area contributed by atoms with Crippen molar-refractivity contribution in [3.05, 3.63) is 33.3 Å². The van der Waals surface area contributed by atoms with Gasteiger partial charge in [0.1, 0.15) is 0 Å². The van der Waals surface area contributed by atoms with Crippen molar-refractivity contribution >= 4 is 33.4 Å². The van der Waals surface area contributed by atoms with Crippen LogP contribution in [0.25, 0.3) is 0 Å². The molecule has 1 fully saturated rings. The van der Waals surface area contributed by atoms with Gasteiger partial charge in [0.15, 0.2) is 0 Å². The Kier molecular flexibility index (Phi) is 3.99. The van der Waals surface area contributed by atoms with E-state index in [2.05, 4.69) is 20.8 Å². The van der Waals surface area contributed by atoms with Gasteiger partial charge in [-0.15, -0.1) is 0 Å². The van der Waals surface area contributed by atoms with Crippen LogP contribution in [-0.2, 0) is 11.3 Å². The molecule has 18 heavy (non-hydrogen) atoms. The van der Waals surface area contributed by atoms with Crippen LogP contribution in [0.5, 0.6) is 0 Å². The normalized spacial score (nSPS) is 24.4. The Balaban J connectivity index is 2.06. The molecule has 1 heterocycles. The SMILES string of the molecule is CC1(C(N)=O)CCN(Cc2ccc(Br)cc2Cl)C1. The van der Waals surface area contributed by atoms with Gasteiger partial charge in [0.2, 0.25) is 5.91 Å². The third kappa shape index (κ3) is 2.87. The van der Waals surface area contributed by atoms with E-state index < -0.39 is 5.41 Å². The van der Waals surface area contributed by atoms with Crippen molar-refractivity contribution in [2.45, 2.75) is 19.9 Å². The molecule has 1 aromatic rings. The summed E-state index contributed by atoms with van der Waals surface area (Å²) in [7, 11) is 0. The van der Waals surface area contributed by atoms with Gasteiger partial charge < -0.3 is 5.73 Å². The number of benzene rings is 1. The van der Waals surface area contributed by atoms with E-state index >= 15 is 0 Å². The molecule has 0 spiro atoms. The van der Waals surface area contributed by atoms with Crippen LogP contribution in [0.4, 0.5) is 0 Å². The van der Waals surface area contributed by atoms with Crippen LogP contribution in [0, 0.1) is 5.41 Å². The summed E-state index contributed by atoms with van der Waals surface area (Å²) in [5, 5.41) is 0.747. The number of likely N-dealkylation sites (tertiary alicyclic amines) is 1. The third-order valence-electron chi connectivity index (χ3n) is 3.56. The van der Waals surface area contributed by atoms with Gasteiger partial charge in [-0.1, -0.05) is 33.6 Å². The predicted molar refractivity (Wildman–Crippen MR) is 76.3 cm³/mol. The summed E-state index contributed by atoms with van der Waals surface area (Å²) in [6, 6.07) is 5.87. The molecule has 2 N–H and O–H groups in total. The van der Waals surface area contributed by atoms with Gasteiger partial charge in [0.05, 0.1) is 5.41 Å². The van der Waals surface area contributed by atoms with Crippen LogP contribution in [-0.4, -0.2) is 23.9 Å². The maximum atomic E-state index is 11.4. The minimum absolute atomic E-state index is 0.216. The van der Waals surface area contributed by atoms with Crippen molar-refractivity contribution in [3.8, 4) is 0 Å². The van der Waals surface area contributed by atoms with Gasteiger partial charge in [0, 0.05) is 22.6 Å². The zero-order chi connectivity index (χ0) is 13.3. The van der Waals surface area contributed by atoms with E-state index in [0.717, 1.165) is 34.6 Å². The molecule has 1 unspecified atom stereocenters. The predicted octanol–water partition coefficient (Wildman–Crippen LogP) is 2.80. The lowest BCUT2D eigenvalue weighted by atomic mass is 9.89. The maximum absolute atomic E-state index is 11.4. The van der Waals surface area contributed by atoms with Crippen LogP contribution >= 0.6 is 27.5 Å². The molecule has 0 saturated carbocycles. The molecule has 2 rings (SSSR count). The quantitative estimate of drug-likeness (QED) is 0.926. The van der Waals surface area contributed by atoms with Crippen LogP contribution in [0.3, 0.4) is 0 Å². The average Bonchev–Trinajstić information content (AvgIpc) is 2.66. The lowest BCUT2D eigenvalue weighted by Gasteiger charge is -2.21. The van der Waals surface area contributed by atoms with Gasteiger partial charge >= 0.3 is 0 Å². The summed E-state index contributed by atoms with van der Waals surface area (Å²) < 4.78 is 0.972. The van der Waals surface area contributed by atoms with Crippen LogP contribution in [0.2, 0.25) is 5.02 Å². The fraction of sp³-hybridized carbons (Fsp3) is 0.462. The van der Waals surface area contributed by atoms with E-state index in [1.54, 1.807) is 0 Å². The molecule has 1 saturated heterocycles. The van der Waals surface area contributed by atoms with Crippen molar-refractivity contribution in [3.63, 3.8) is 0 Å². The second-order valence-electron chi connectivity index (χ2n) is 5.12. The monoisotopic (exact) mass is 330 g/mol. The molecule has 98 valence electrons. The topological polar surface area (TPSA) is 46.3 Å². The maximum Gasteiger partial charge on any atom is 0.224 e. The Hall–Kier alpha value is -0.580. The number of nitrogens with two attached hydrogens (primary N) is 1. The van der Waals surface area contributed by atoms with Gasteiger partial charge in [0.25, 0.3) is 0 Å². The molecular formula is C13H16BrClN2O. The van der Waals surface area contributed by atoms with Gasteiger partial charge in [-0.2, -0.15) is 0 Å². The van der Waals surface area contributed by atoms with Gasteiger partial charge in [-0.05, 0) is 37.6 Å². The molecule has 1 aliphatic heterocycles. The Morgan fingerprint density at radius 3 is 2.89 bits per heavy atom. The molecule has 1 atom stereocenters. The van der Waals surface area contributed by atoms with Gasteiger partial charge in [-0.3, -0.25) is 9.69 Å². The fourth-order valence-electron chi connectivity index (χ4n) is 2.28. The smallest absolute Gasteiger partial charge is 0.224 e. The highest BCUT2D eigenvalue weighted by Gasteiger charge is 2.38. The molecule has 0 bridgehead atoms. The Morgan fingerprint density at radius 1 is 1.61 bits per heavy atom. The van der Waals surface area contributed by atoms with E-state index in [9.17, 15) is 4.79 Å². The Labute approximate surface area is 120 Å². The molecule has 1 aliphatic rings. The number of halogens is 2. The minimum Gasteiger partial charge on any atom is -0.369 e. The van der Waals surface area contributed by atoms with E-state index in [4.69, 9.17) is 17.3 Å². The molecule has 0 aliphatic carbocycles. The fourth-order valence-corrected chi connectivity index (χ4v) is 3.02. The number of carbonyl (C=O) groups excluding carboxylic acids is 1. The third-order valence-corrected chi connectivity index (χ3v) is 4.40. The first-order valence-corrected chi connectivity index (χ1v) is 7.04. The van der Waals surface area contributed by atoms with Crippen molar-refractivity contribution in [1.82, 2.24) is 4.90 Å². The van der Waals surface area contributed by atoms with E-state index in [0.29, 0.717) is 6.54 Å². The second-order valence-corrected chi connectivity index (χ2v) is 6.44. The first-order valence-electron chi connectivity index (χ1n) is 5.87. The largest absolute Gasteiger partial charge is 0.369 e. The summed E-state index contributed by atoms with van der Waals surface area (Å²) in [5.41, 5.74) is 6.12. The highest BCUT2D eigenvalue weighted by molar-refractivity contribution is 9.10. The number of carbonyl (C=O) groups is 1. The van der Waals surface area contributed by atoms with Gasteiger partial charge in [-0.25, -0.2) is 0 Å². The lowest BCUT2D eigenvalue weighted by molar-refractivity contribution is -0.126. The van der Waals surface area contributed by atoms with E-state index in [1.807, 2.05) is 25.1 Å². The minimum atomic E-state index is -0.401. The average molecular weight is 332 g/mol. The zero-order valence-corrected chi connectivity index (χ0v) is 12.6. The molecule has 3 nitrogen and oxygen atoms in total. The highest BCUT2D eigenvalue weighted by Crippen LogP contribution is 2.31. The van der Waals surface area contributed by atoms with E-state index in [-0.39, 0.29) is 5.91 Å². The summed E-state index contributed by atoms with van der Waals surface area (Å²) in [6.07, 6.45) is 0.816. The van der Waals surface area contributed by atoms with Crippen molar-refractivity contribution in [2.75, 3.05) is 13.1 Å². The molecule has 0 aromatic heterocycles.